The molecule has 1 amide bonds. The van der Waals surface area contributed by atoms with Gasteiger partial charge in [0.2, 0.25) is 0 Å². The van der Waals surface area contributed by atoms with Gasteiger partial charge in [-0.3, -0.25) is 4.79 Å². The van der Waals surface area contributed by atoms with Crippen molar-refractivity contribution in [1.29, 1.82) is 0 Å². The predicted molar refractivity (Wildman–Crippen MR) is 96.9 cm³/mol. The van der Waals surface area contributed by atoms with Gasteiger partial charge in [0.1, 0.15) is 5.82 Å². The molecule has 0 saturated carbocycles. The molecule has 0 aliphatic rings. The first-order valence-electron chi connectivity index (χ1n) is 8.60. The highest BCUT2D eigenvalue weighted by atomic mass is 19.1. The standard InChI is InChI=1S/C20H22FNO5/c1-2-11-25-17-9-5-6-10-18(17)26-14-20(24)27-13-19(23)22-12-15-7-3-4-8-16(15)21/h3-10H,2,11-14H2,1H3,(H,22,23). The number of halogens is 1. The van der Waals surface area contributed by atoms with Crippen molar-refractivity contribution in [2.75, 3.05) is 19.8 Å². The minimum atomic E-state index is -0.693. The first-order chi connectivity index (χ1) is 13.1. The number of rotatable bonds is 10. The molecule has 0 aromatic heterocycles. The summed E-state index contributed by atoms with van der Waals surface area (Å²) in [7, 11) is 0. The zero-order valence-corrected chi connectivity index (χ0v) is 15.1. The first-order valence-corrected chi connectivity index (χ1v) is 8.60. The number of esters is 1. The Balaban J connectivity index is 1.72. The molecule has 0 fully saturated rings. The van der Waals surface area contributed by atoms with Crippen LogP contribution in [0.25, 0.3) is 0 Å². The molecule has 6 nitrogen and oxygen atoms in total. The molecule has 0 heterocycles. The van der Waals surface area contributed by atoms with Gasteiger partial charge in [-0.2, -0.15) is 0 Å². The van der Waals surface area contributed by atoms with E-state index in [4.69, 9.17) is 14.2 Å². The van der Waals surface area contributed by atoms with Crippen LogP contribution in [0.4, 0.5) is 4.39 Å². The first kappa shape index (κ1) is 20.2. The Hall–Kier alpha value is -3.09. The number of para-hydroxylation sites is 2. The van der Waals surface area contributed by atoms with Crippen LogP contribution in [0.1, 0.15) is 18.9 Å². The van der Waals surface area contributed by atoms with Gasteiger partial charge in [0.05, 0.1) is 6.61 Å². The maximum Gasteiger partial charge on any atom is 0.344 e. The summed E-state index contributed by atoms with van der Waals surface area (Å²) in [4.78, 5) is 23.5. The molecule has 0 saturated heterocycles. The average molecular weight is 375 g/mol. The fourth-order valence-corrected chi connectivity index (χ4v) is 2.11. The van der Waals surface area contributed by atoms with Crippen LogP contribution < -0.4 is 14.8 Å². The summed E-state index contributed by atoms with van der Waals surface area (Å²) in [5.74, 6) is -0.673. The van der Waals surface area contributed by atoms with E-state index < -0.39 is 24.3 Å². The van der Waals surface area contributed by atoms with Gasteiger partial charge in [0, 0.05) is 12.1 Å². The van der Waals surface area contributed by atoms with E-state index in [1.165, 1.54) is 6.07 Å². The van der Waals surface area contributed by atoms with Gasteiger partial charge in [-0.15, -0.1) is 0 Å². The van der Waals surface area contributed by atoms with Crippen LogP contribution in [0.5, 0.6) is 11.5 Å². The monoisotopic (exact) mass is 375 g/mol. The highest BCUT2D eigenvalue weighted by Crippen LogP contribution is 2.26. The van der Waals surface area contributed by atoms with Crippen LogP contribution in [0.2, 0.25) is 0 Å². The maximum atomic E-state index is 13.5. The lowest BCUT2D eigenvalue weighted by atomic mass is 10.2. The summed E-state index contributed by atoms with van der Waals surface area (Å²) < 4.78 is 29.2. The summed E-state index contributed by atoms with van der Waals surface area (Å²) in [6, 6.07) is 13.1. The molecule has 0 atom stereocenters. The topological polar surface area (TPSA) is 73.9 Å². The average Bonchev–Trinajstić information content (AvgIpc) is 2.69. The van der Waals surface area contributed by atoms with Gasteiger partial charge in [-0.05, 0) is 24.6 Å². The van der Waals surface area contributed by atoms with Gasteiger partial charge in [-0.25, -0.2) is 9.18 Å². The maximum absolute atomic E-state index is 13.5. The summed E-state index contributed by atoms with van der Waals surface area (Å²) in [5, 5.41) is 2.48. The normalized spacial score (nSPS) is 10.1. The minimum Gasteiger partial charge on any atom is -0.490 e. The van der Waals surface area contributed by atoms with Crippen molar-refractivity contribution in [3.63, 3.8) is 0 Å². The molecule has 0 aliphatic heterocycles. The number of carbonyl (C=O) groups is 2. The van der Waals surface area contributed by atoms with Gasteiger partial charge < -0.3 is 19.5 Å². The van der Waals surface area contributed by atoms with E-state index >= 15 is 0 Å². The van der Waals surface area contributed by atoms with Gasteiger partial charge in [0.25, 0.3) is 5.91 Å². The van der Waals surface area contributed by atoms with E-state index in [2.05, 4.69) is 5.32 Å². The van der Waals surface area contributed by atoms with Crippen LogP contribution in [0, 0.1) is 5.82 Å². The third kappa shape index (κ3) is 6.97. The largest absolute Gasteiger partial charge is 0.490 e. The molecule has 0 unspecified atom stereocenters. The third-order valence-corrected chi connectivity index (χ3v) is 3.45. The van der Waals surface area contributed by atoms with Crippen molar-refractivity contribution in [3.8, 4) is 11.5 Å². The highest BCUT2D eigenvalue weighted by Gasteiger charge is 2.11. The Morgan fingerprint density at radius 1 is 0.963 bits per heavy atom. The van der Waals surface area contributed by atoms with Gasteiger partial charge in [-0.1, -0.05) is 37.3 Å². The lowest BCUT2D eigenvalue weighted by Crippen LogP contribution is -2.29. The third-order valence-electron chi connectivity index (χ3n) is 3.45. The van der Waals surface area contributed by atoms with Crippen molar-refractivity contribution >= 4 is 11.9 Å². The Morgan fingerprint density at radius 2 is 1.63 bits per heavy atom. The molecule has 0 spiro atoms. The second kappa shape index (κ2) is 10.8. The van der Waals surface area contributed by atoms with E-state index in [0.717, 1.165) is 6.42 Å². The van der Waals surface area contributed by atoms with E-state index in [0.29, 0.717) is 23.7 Å². The Bertz CT molecular complexity index is 766. The van der Waals surface area contributed by atoms with Crippen LogP contribution in [0.3, 0.4) is 0 Å². The van der Waals surface area contributed by atoms with Crippen molar-refractivity contribution in [3.05, 3.63) is 59.9 Å². The molecular weight excluding hydrogens is 353 g/mol. The molecule has 1 N–H and O–H groups in total. The number of hydrogen-bond acceptors (Lipinski definition) is 5. The smallest absolute Gasteiger partial charge is 0.344 e. The SMILES string of the molecule is CCCOc1ccccc1OCC(=O)OCC(=O)NCc1ccccc1F. The summed E-state index contributed by atoms with van der Waals surface area (Å²) in [6.07, 6.45) is 0.846. The minimum absolute atomic E-state index is 0.0156. The molecule has 0 radical (unpaired) electrons. The molecule has 27 heavy (non-hydrogen) atoms. The molecule has 2 rings (SSSR count). The number of carbonyl (C=O) groups excluding carboxylic acids is 2. The number of benzene rings is 2. The van der Waals surface area contributed by atoms with Crippen molar-refractivity contribution < 1.29 is 28.2 Å². The van der Waals surface area contributed by atoms with Gasteiger partial charge >= 0.3 is 5.97 Å². The summed E-state index contributed by atoms with van der Waals surface area (Å²) >= 11 is 0. The lowest BCUT2D eigenvalue weighted by Gasteiger charge is -2.12. The van der Waals surface area contributed by atoms with Crippen LogP contribution >= 0.6 is 0 Å². The molecule has 0 bridgehead atoms. The second-order valence-corrected chi connectivity index (χ2v) is 5.61. The summed E-state index contributed by atoms with van der Waals surface area (Å²) in [6.45, 7) is 1.71. The van der Waals surface area contributed by atoms with E-state index in [9.17, 15) is 14.0 Å². The Morgan fingerprint density at radius 3 is 2.33 bits per heavy atom. The predicted octanol–water partition coefficient (Wildman–Crippen LogP) is 2.85. The van der Waals surface area contributed by atoms with Gasteiger partial charge in [0.15, 0.2) is 24.7 Å². The zero-order chi connectivity index (χ0) is 19.5. The number of amides is 1. The fraction of sp³-hybridized carbons (Fsp3) is 0.300. The number of nitrogens with one attached hydrogen (secondary N) is 1. The quantitative estimate of drug-likeness (QED) is 0.647. The molecule has 2 aromatic rings. The molecule has 7 heteroatoms. The van der Waals surface area contributed by atoms with Crippen molar-refractivity contribution in [2.24, 2.45) is 0 Å². The van der Waals surface area contributed by atoms with Crippen molar-refractivity contribution in [2.45, 2.75) is 19.9 Å². The molecule has 2 aromatic carbocycles. The lowest BCUT2D eigenvalue weighted by molar-refractivity contribution is -0.150. The van der Waals surface area contributed by atoms with E-state index in [1.54, 1.807) is 42.5 Å². The van der Waals surface area contributed by atoms with Crippen LogP contribution in [0.15, 0.2) is 48.5 Å². The summed E-state index contributed by atoms with van der Waals surface area (Å²) in [5.41, 5.74) is 0.351. The Kier molecular flexibility index (Phi) is 8.09. The number of ether oxygens (including phenoxy) is 3. The molecule has 0 aliphatic carbocycles. The highest BCUT2D eigenvalue weighted by molar-refractivity contribution is 5.80. The molecule has 144 valence electrons. The van der Waals surface area contributed by atoms with Crippen LogP contribution in [-0.4, -0.2) is 31.7 Å². The van der Waals surface area contributed by atoms with E-state index in [-0.39, 0.29) is 13.2 Å². The Labute approximate surface area is 157 Å². The van der Waals surface area contributed by atoms with E-state index in [1.807, 2.05) is 6.92 Å². The van der Waals surface area contributed by atoms with Crippen molar-refractivity contribution in [1.82, 2.24) is 5.32 Å². The zero-order valence-electron chi connectivity index (χ0n) is 15.1. The number of hydrogen-bond donors (Lipinski definition) is 1. The fourth-order valence-electron chi connectivity index (χ4n) is 2.11. The second-order valence-electron chi connectivity index (χ2n) is 5.61. The molecular formula is C20H22FNO5. The van der Waals surface area contributed by atoms with Crippen LogP contribution in [-0.2, 0) is 20.9 Å².